The molecule has 0 amide bonds. The van der Waals surface area contributed by atoms with Crippen LogP contribution in [-0.2, 0) is 10.0 Å². The van der Waals surface area contributed by atoms with Crippen LogP contribution in [0.4, 0.5) is 14.5 Å². The molecule has 0 radical (unpaired) electrons. The third-order valence-corrected chi connectivity index (χ3v) is 6.18. The standard InChI is InChI=1S/C21H18ClF2NO3S/c1-13(15-10-6-7-11-17(15)23)19-18(12-16(22)21(28-2)20(19)24)25-29(26,27)14-8-4-3-5-9-14/h3-13,25H,1-2H3. The molecule has 0 heterocycles. The molecule has 0 saturated heterocycles. The summed E-state index contributed by atoms with van der Waals surface area (Å²) in [5.74, 6) is -2.46. The molecule has 0 aliphatic rings. The van der Waals surface area contributed by atoms with Crippen LogP contribution in [0.25, 0.3) is 0 Å². The van der Waals surface area contributed by atoms with Crippen LogP contribution >= 0.6 is 11.6 Å². The minimum absolute atomic E-state index is 0.00292. The van der Waals surface area contributed by atoms with Crippen LogP contribution in [0.15, 0.2) is 65.6 Å². The van der Waals surface area contributed by atoms with Gasteiger partial charge in [0, 0.05) is 11.5 Å². The first kappa shape index (κ1) is 21.1. The second-order valence-corrected chi connectivity index (χ2v) is 8.42. The van der Waals surface area contributed by atoms with Crippen molar-refractivity contribution >= 4 is 27.3 Å². The monoisotopic (exact) mass is 437 g/mol. The Kier molecular flexibility index (Phi) is 6.10. The second-order valence-electron chi connectivity index (χ2n) is 6.33. The van der Waals surface area contributed by atoms with E-state index in [4.69, 9.17) is 16.3 Å². The molecule has 29 heavy (non-hydrogen) atoms. The number of anilines is 1. The van der Waals surface area contributed by atoms with Crippen molar-refractivity contribution < 1.29 is 21.9 Å². The van der Waals surface area contributed by atoms with Gasteiger partial charge in [0.1, 0.15) is 5.82 Å². The normalized spacial score (nSPS) is 12.4. The molecule has 8 heteroatoms. The number of halogens is 3. The lowest BCUT2D eigenvalue weighted by Crippen LogP contribution is -2.16. The molecule has 0 bridgehead atoms. The Balaban J connectivity index is 2.18. The van der Waals surface area contributed by atoms with Crippen LogP contribution in [0, 0.1) is 11.6 Å². The molecule has 0 aliphatic heterocycles. The Bertz CT molecular complexity index is 1140. The summed E-state index contributed by atoms with van der Waals surface area (Å²) in [6, 6.07) is 14.8. The van der Waals surface area contributed by atoms with Gasteiger partial charge in [-0.1, -0.05) is 54.9 Å². The summed E-state index contributed by atoms with van der Waals surface area (Å²) < 4.78 is 62.6. The molecule has 0 aliphatic carbocycles. The van der Waals surface area contributed by atoms with Gasteiger partial charge >= 0.3 is 0 Å². The highest BCUT2D eigenvalue weighted by Crippen LogP contribution is 2.42. The minimum Gasteiger partial charge on any atom is -0.492 e. The van der Waals surface area contributed by atoms with Crippen LogP contribution < -0.4 is 9.46 Å². The number of rotatable bonds is 6. The number of hydrogen-bond donors (Lipinski definition) is 1. The molecule has 1 unspecified atom stereocenters. The number of hydrogen-bond acceptors (Lipinski definition) is 3. The number of ether oxygens (including phenoxy) is 1. The fraction of sp³-hybridized carbons (Fsp3) is 0.143. The van der Waals surface area contributed by atoms with Crippen LogP contribution in [0.5, 0.6) is 5.75 Å². The fourth-order valence-electron chi connectivity index (χ4n) is 3.10. The van der Waals surface area contributed by atoms with Gasteiger partial charge in [-0.15, -0.1) is 0 Å². The molecule has 152 valence electrons. The molecular weight excluding hydrogens is 420 g/mol. The zero-order valence-electron chi connectivity index (χ0n) is 15.6. The maximum atomic E-state index is 15.3. The van der Waals surface area contributed by atoms with Gasteiger partial charge in [0.15, 0.2) is 11.6 Å². The Hall–Kier alpha value is -2.64. The van der Waals surface area contributed by atoms with Gasteiger partial charge < -0.3 is 4.74 Å². The zero-order chi connectivity index (χ0) is 21.2. The average molecular weight is 438 g/mol. The summed E-state index contributed by atoms with van der Waals surface area (Å²) in [6.45, 7) is 1.57. The lowest BCUT2D eigenvalue weighted by Gasteiger charge is -2.21. The van der Waals surface area contributed by atoms with Gasteiger partial charge in [-0.25, -0.2) is 17.2 Å². The number of nitrogens with one attached hydrogen (secondary N) is 1. The Morgan fingerprint density at radius 3 is 2.28 bits per heavy atom. The lowest BCUT2D eigenvalue weighted by atomic mass is 9.91. The van der Waals surface area contributed by atoms with Crippen LogP contribution in [0.2, 0.25) is 5.02 Å². The van der Waals surface area contributed by atoms with Gasteiger partial charge in [0.2, 0.25) is 0 Å². The number of benzene rings is 3. The number of sulfonamides is 1. The third kappa shape index (κ3) is 4.21. The molecular formula is C21H18ClF2NO3S. The SMILES string of the molecule is COc1c(Cl)cc(NS(=O)(=O)c2ccccc2)c(C(C)c2ccccc2F)c1F. The van der Waals surface area contributed by atoms with Crippen molar-refractivity contribution in [2.45, 2.75) is 17.7 Å². The van der Waals surface area contributed by atoms with Gasteiger partial charge in [-0.2, -0.15) is 0 Å². The van der Waals surface area contributed by atoms with E-state index in [0.717, 1.165) is 0 Å². The molecule has 3 rings (SSSR count). The predicted octanol–water partition coefficient (Wildman–Crippen LogP) is 5.58. The highest BCUT2D eigenvalue weighted by molar-refractivity contribution is 7.92. The Morgan fingerprint density at radius 1 is 1.03 bits per heavy atom. The summed E-state index contributed by atoms with van der Waals surface area (Å²) in [5.41, 5.74) is 0.0414. The van der Waals surface area contributed by atoms with Gasteiger partial charge in [-0.3, -0.25) is 4.72 Å². The quantitative estimate of drug-likeness (QED) is 0.547. The molecule has 4 nitrogen and oxygen atoms in total. The summed E-state index contributed by atoms with van der Waals surface area (Å²) >= 11 is 6.09. The molecule has 3 aromatic rings. The maximum Gasteiger partial charge on any atom is 0.261 e. The first-order chi connectivity index (χ1) is 13.8. The highest BCUT2D eigenvalue weighted by atomic mass is 35.5. The first-order valence-electron chi connectivity index (χ1n) is 8.64. The number of methoxy groups -OCH3 is 1. The Morgan fingerprint density at radius 2 is 1.66 bits per heavy atom. The van der Waals surface area contributed by atoms with E-state index in [1.807, 2.05) is 0 Å². The van der Waals surface area contributed by atoms with Crippen molar-refractivity contribution in [3.63, 3.8) is 0 Å². The molecule has 0 aromatic heterocycles. The Labute approximate surface area is 173 Å². The van der Waals surface area contributed by atoms with Gasteiger partial charge in [0.25, 0.3) is 10.0 Å². The van der Waals surface area contributed by atoms with E-state index >= 15 is 4.39 Å². The predicted molar refractivity (Wildman–Crippen MR) is 109 cm³/mol. The van der Waals surface area contributed by atoms with Crippen LogP contribution in [0.3, 0.4) is 0 Å². The van der Waals surface area contributed by atoms with Crippen molar-refractivity contribution in [2.75, 3.05) is 11.8 Å². The molecule has 0 spiro atoms. The first-order valence-corrected chi connectivity index (χ1v) is 10.5. The van der Waals surface area contributed by atoms with Crippen molar-refractivity contribution in [1.29, 1.82) is 0 Å². The fourth-order valence-corrected chi connectivity index (χ4v) is 4.46. The minimum atomic E-state index is -4.02. The lowest BCUT2D eigenvalue weighted by molar-refractivity contribution is 0.384. The van der Waals surface area contributed by atoms with E-state index in [-0.39, 0.29) is 32.5 Å². The molecule has 0 fully saturated rings. The van der Waals surface area contributed by atoms with Gasteiger partial charge in [-0.05, 0) is 29.8 Å². The van der Waals surface area contributed by atoms with Crippen molar-refractivity contribution in [3.8, 4) is 5.75 Å². The van der Waals surface area contributed by atoms with Gasteiger partial charge in [0.05, 0.1) is 22.7 Å². The molecule has 1 N–H and O–H groups in total. The van der Waals surface area contributed by atoms with Crippen LogP contribution in [-0.4, -0.2) is 15.5 Å². The topological polar surface area (TPSA) is 55.4 Å². The van der Waals surface area contributed by atoms with E-state index in [9.17, 15) is 12.8 Å². The van der Waals surface area contributed by atoms with Crippen molar-refractivity contribution in [1.82, 2.24) is 0 Å². The van der Waals surface area contributed by atoms with E-state index in [1.165, 1.54) is 43.5 Å². The average Bonchev–Trinajstić information content (AvgIpc) is 2.68. The highest BCUT2D eigenvalue weighted by Gasteiger charge is 2.27. The van der Waals surface area contributed by atoms with E-state index < -0.39 is 27.6 Å². The summed E-state index contributed by atoms with van der Waals surface area (Å²) in [7, 11) is -2.78. The molecule has 1 atom stereocenters. The third-order valence-electron chi connectivity index (χ3n) is 4.52. The smallest absolute Gasteiger partial charge is 0.261 e. The summed E-state index contributed by atoms with van der Waals surface area (Å²) in [4.78, 5) is -0.00292. The summed E-state index contributed by atoms with van der Waals surface area (Å²) in [5, 5.41) is -0.111. The van der Waals surface area contributed by atoms with E-state index in [2.05, 4.69) is 4.72 Å². The maximum absolute atomic E-state index is 15.3. The van der Waals surface area contributed by atoms with Crippen molar-refractivity contribution in [2.24, 2.45) is 0 Å². The van der Waals surface area contributed by atoms with Crippen molar-refractivity contribution in [3.05, 3.63) is 88.4 Å². The van der Waals surface area contributed by atoms with E-state index in [1.54, 1.807) is 31.2 Å². The van der Waals surface area contributed by atoms with E-state index in [0.29, 0.717) is 0 Å². The largest absolute Gasteiger partial charge is 0.492 e. The second kappa shape index (κ2) is 8.39. The molecule has 3 aromatic carbocycles. The molecule has 0 saturated carbocycles. The summed E-state index contributed by atoms with van der Waals surface area (Å²) in [6.07, 6.45) is 0. The van der Waals surface area contributed by atoms with Crippen LogP contribution in [0.1, 0.15) is 24.0 Å². The zero-order valence-corrected chi connectivity index (χ0v) is 17.2.